The van der Waals surface area contributed by atoms with Crippen LogP contribution in [0.2, 0.25) is 5.02 Å². The summed E-state index contributed by atoms with van der Waals surface area (Å²) in [6, 6.07) is 1.80. The molecular weight excluding hydrogens is 250 g/mol. The van der Waals surface area contributed by atoms with E-state index in [9.17, 15) is 5.11 Å². The standard InChI is InChI=1S/C13H16ClN3O/c1-6(2)8-4-10(14)7(3)11(12(8)18)9-5-16-17-13(9)15/h4-6,18H,1-3H3,(H3,15,16,17). The topological polar surface area (TPSA) is 74.9 Å². The predicted octanol–water partition coefficient (Wildman–Crippen LogP) is 3.45. The van der Waals surface area contributed by atoms with Gasteiger partial charge in [0.15, 0.2) is 0 Å². The van der Waals surface area contributed by atoms with Crippen molar-refractivity contribution in [3.05, 3.63) is 28.4 Å². The number of anilines is 1. The maximum Gasteiger partial charge on any atom is 0.127 e. The Morgan fingerprint density at radius 1 is 1.44 bits per heavy atom. The first-order valence-electron chi connectivity index (χ1n) is 5.74. The van der Waals surface area contributed by atoms with E-state index < -0.39 is 0 Å². The number of aromatic nitrogens is 2. The van der Waals surface area contributed by atoms with Crippen molar-refractivity contribution < 1.29 is 5.11 Å². The van der Waals surface area contributed by atoms with E-state index in [-0.39, 0.29) is 11.7 Å². The third-order valence-corrected chi connectivity index (χ3v) is 3.48. The first-order valence-corrected chi connectivity index (χ1v) is 6.12. The summed E-state index contributed by atoms with van der Waals surface area (Å²) in [5, 5.41) is 17.6. The SMILES string of the molecule is Cc1c(Cl)cc(C(C)C)c(O)c1-c1cn[nH]c1N. The second-order valence-corrected chi connectivity index (χ2v) is 5.06. The number of nitrogens with one attached hydrogen (secondary N) is 1. The number of nitrogens with two attached hydrogens (primary N) is 1. The molecule has 0 atom stereocenters. The van der Waals surface area contributed by atoms with Gasteiger partial charge in [0.2, 0.25) is 0 Å². The molecule has 0 amide bonds. The minimum atomic E-state index is 0.176. The molecule has 4 nitrogen and oxygen atoms in total. The number of hydrogen-bond acceptors (Lipinski definition) is 3. The smallest absolute Gasteiger partial charge is 0.127 e. The van der Waals surface area contributed by atoms with Crippen LogP contribution < -0.4 is 5.73 Å². The quantitative estimate of drug-likeness (QED) is 0.778. The summed E-state index contributed by atoms with van der Waals surface area (Å²) >= 11 is 6.22. The van der Waals surface area contributed by atoms with Gasteiger partial charge in [-0.3, -0.25) is 5.10 Å². The number of nitrogens with zero attached hydrogens (tertiary/aromatic N) is 1. The highest BCUT2D eigenvalue weighted by atomic mass is 35.5. The van der Waals surface area contributed by atoms with Crippen molar-refractivity contribution in [2.45, 2.75) is 26.7 Å². The van der Waals surface area contributed by atoms with Crippen LogP contribution in [0.5, 0.6) is 5.75 Å². The first kappa shape index (κ1) is 12.8. The molecular formula is C13H16ClN3O. The second-order valence-electron chi connectivity index (χ2n) is 4.65. The molecule has 96 valence electrons. The average Bonchev–Trinajstić information content (AvgIpc) is 2.70. The minimum Gasteiger partial charge on any atom is -0.507 e. The zero-order valence-corrected chi connectivity index (χ0v) is 11.3. The molecule has 0 aliphatic carbocycles. The van der Waals surface area contributed by atoms with Gasteiger partial charge in [-0.1, -0.05) is 25.4 Å². The number of halogens is 1. The summed E-state index contributed by atoms with van der Waals surface area (Å²) in [4.78, 5) is 0. The van der Waals surface area contributed by atoms with Crippen molar-refractivity contribution >= 4 is 17.4 Å². The molecule has 0 radical (unpaired) electrons. The van der Waals surface area contributed by atoms with Gasteiger partial charge in [-0.25, -0.2) is 0 Å². The molecule has 1 heterocycles. The van der Waals surface area contributed by atoms with Crippen molar-refractivity contribution in [1.29, 1.82) is 0 Å². The van der Waals surface area contributed by atoms with Crippen LogP contribution in [0, 0.1) is 6.92 Å². The van der Waals surface area contributed by atoms with Crippen molar-refractivity contribution in [2.24, 2.45) is 0 Å². The molecule has 2 rings (SSSR count). The number of phenols is 1. The highest BCUT2D eigenvalue weighted by Gasteiger charge is 2.19. The van der Waals surface area contributed by atoms with E-state index in [0.717, 1.165) is 11.1 Å². The number of aromatic hydroxyl groups is 1. The van der Waals surface area contributed by atoms with Gasteiger partial charge in [0.05, 0.1) is 6.20 Å². The third kappa shape index (κ3) is 1.93. The van der Waals surface area contributed by atoms with Crippen LogP contribution in [-0.4, -0.2) is 15.3 Å². The number of benzene rings is 1. The number of nitrogen functional groups attached to an aromatic ring is 1. The predicted molar refractivity (Wildman–Crippen MR) is 73.9 cm³/mol. The van der Waals surface area contributed by atoms with E-state index in [1.165, 1.54) is 0 Å². The maximum absolute atomic E-state index is 10.4. The summed E-state index contributed by atoms with van der Waals surface area (Å²) in [5.41, 5.74) is 8.74. The lowest BCUT2D eigenvalue weighted by atomic mass is 9.93. The van der Waals surface area contributed by atoms with Gasteiger partial charge in [0.25, 0.3) is 0 Å². The summed E-state index contributed by atoms with van der Waals surface area (Å²) in [6.07, 6.45) is 1.60. The van der Waals surface area contributed by atoms with Crippen LogP contribution in [0.25, 0.3) is 11.1 Å². The lowest BCUT2D eigenvalue weighted by Gasteiger charge is -2.16. The zero-order valence-electron chi connectivity index (χ0n) is 10.6. The van der Waals surface area contributed by atoms with Gasteiger partial charge in [0.1, 0.15) is 11.6 Å². The van der Waals surface area contributed by atoms with Gasteiger partial charge < -0.3 is 10.8 Å². The van der Waals surface area contributed by atoms with E-state index >= 15 is 0 Å². The highest BCUT2D eigenvalue weighted by molar-refractivity contribution is 6.32. The highest BCUT2D eigenvalue weighted by Crippen LogP contribution is 2.42. The summed E-state index contributed by atoms with van der Waals surface area (Å²) in [5.74, 6) is 0.820. The number of hydrogen-bond donors (Lipinski definition) is 3. The minimum absolute atomic E-state index is 0.176. The summed E-state index contributed by atoms with van der Waals surface area (Å²) in [7, 11) is 0. The van der Waals surface area contributed by atoms with Crippen LogP contribution in [-0.2, 0) is 0 Å². The lowest BCUT2D eigenvalue weighted by molar-refractivity contribution is 0.466. The van der Waals surface area contributed by atoms with E-state index in [0.29, 0.717) is 22.0 Å². The van der Waals surface area contributed by atoms with Gasteiger partial charge in [0, 0.05) is 16.1 Å². The number of rotatable bonds is 2. The molecule has 2 aromatic rings. The lowest BCUT2D eigenvalue weighted by Crippen LogP contribution is -1.96. The molecule has 0 unspecified atom stereocenters. The normalized spacial score (nSPS) is 11.2. The molecule has 0 aliphatic rings. The zero-order chi connectivity index (χ0) is 13.4. The first-order chi connectivity index (χ1) is 8.43. The second kappa shape index (κ2) is 4.53. The summed E-state index contributed by atoms with van der Waals surface area (Å²) in [6.45, 7) is 5.86. The van der Waals surface area contributed by atoms with Crippen LogP contribution in [0.4, 0.5) is 5.82 Å². The van der Waals surface area contributed by atoms with Crippen molar-refractivity contribution in [2.75, 3.05) is 5.73 Å². The molecule has 1 aromatic heterocycles. The fourth-order valence-corrected chi connectivity index (χ4v) is 2.23. The molecule has 5 heteroatoms. The van der Waals surface area contributed by atoms with Crippen LogP contribution >= 0.6 is 11.6 Å². The maximum atomic E-state index is 10.4. The Morgan fingerprint density at radius 2 is 2.11 bits per heavy atom. The third-order valence-electron chi connectivity index (χ3n) is 3.09. The largest absolute Gasteiger partial charge is 0.507 e. The van der Waals surface area contributed by atoms with Crippen molar-refractivity contribution in [1.82, 2.24) is 10.2 Å². The average molecular weight is 266 g/mol. The van der Waals surface area contributed by atoms with E-state index in [2.05, 4.69) is 10.2 Å². The number of phenolic OH excluding ortho intramolecular Hbond substituents is 1. The Bertz CT molecular complexity index is 590. The van der Waals surface area contributed by atoms with Gasteiger partial charge >= 0.3 is 0 Å². The molecule has 0 saturated heterocycles. The molecule has 0 fully saturated rings. The molecule has 0 saturated carbocycles. The molecule has 0 spiro atoms. The Hall–Kier alpha value is -1.68. The van der Waals surface area contributed by atoms with Gasteiger partial charge in [-0.2, -0.15) is 5.10 Å². The van der Waals surface area contributed by atoms with E-state index in [1.807, 2.05) is 20.8 Å². The number of H-pyrrole nitrogens is 1. The molecule has 4 N–H and O–H groups in total. The Kier molecular flexibility index (Phi) is 3.22. The fraction of sp³-hybridized carbons (Fsp3) is 0.308. The monoisotopic (exact) mass is 265 g/mol. The van der Waals surface area contributed by atoms with Crippen LogP contribution in [0.3, 0.4) is 0 Å². The molecule has 1 aromatic carbocycles. The Labute approximate surface area is 111 Å². The molecule has 0 bridgehead atoms. The fourth-order valence-electron chi connectivity index (χ4n) is 2.02. The summed E-state index contributed by atoms with van der Waals surface area (Å²) < 4.78 is 0. The number of aromatic amines is 1. The Balaban J connectivity index is 2.78. The van der Waals surface area contributed by atoms with Crippen molar-refractivity contribution in [3.8, 4) is 16.9 Å². The molecule has 18 heavy (non-hydrogen) atoms. The van der Waals surface area contributed by atoms with E-state index in [1.54, 1.807) is 12.3 Å². The van der Waals surface area contributed by atoms with Crippen LogP contribution in [0.1, 0.15) is 30.9 Å². The van der Waals surface area contributed by atoms with Crippen LogP contribution in [0.15, 0.2) is 12.3 Å². The van der Waals surface area contributed by atoms with Crippen molar-refractivity contribution in [3.63, 3.8) is 0 Å². The van der Waals surface area contributed by atoms with E-state index in [4.69, 9.17) is 17.3 Å². The van der Waals surface area contributed by atoms with Gasteiger partial charge in [-0.05, 0) is 30.0 Å². The van der Waals surface area contributed by atoms with Gasteiger partial charge in [-0.15, -0.1) is 0 Å². The Morgan fingerprint density at radius 3 is 2.61 bits per heavy atom. The molecule has 0 aliphatic heterocycles.